The van der Waals surface area contributed by atoms with Gasteiger partial charge in [0.25, 0.3) is 0 Å². The van der Waals surface area contributed by atoms with Gasteiger partial charge in [0.1, 0.15) is 5.75 Å². The van der Waals surface area contributed by atoms with Gasteiger partial charge in [-0.3, -0.25) is 0 Å². The Morgan fingerprint density at radius 2 is 1.69 bits per heavy atom. The van der Waals surface area contributed by atoms with Crippen molar-refractivity contribution in [3.05, 3.63) is 29.3 Å². The molecule has 0 bridgehead atoms. The van der Waals surface area contributed by atoms with Crippen molar-refractivity contribution in [2.24, 2.45) is 5.92 Å². The molecule has 16 heavy (non-hydrogen) atoms. The maximum atomic E-state index is 11.6. The van der Waals surface area contributed by atoms with E-state index in [2.05, 4.69) is 0 Å². The standard InChI is InChI=1S/C10H12Cl2O3S/c1-7(2)10(12)16(13,14)15-9-5-3-8(11)4-6-9/h3-7,10H,1-2H3. The highest BCUT2D eigenvalue weighted by atomic mass is 35.5. The Kier molecular flexibility index (Phi) is 4.47. The summed E-state index contributed by atoms with van der Waals surface area (Å²) in [5.74, 6) is -0.0188. The number of halogens is 2. The second-order valence-electron chi connectivity index (χ2n) is 3.63. The first-order chi connectivity index (χ1) is 7.33. The lowest BCUT2D eigenvalue weighted by Crippen LogP contribution is -2.25. The van der Waals surface area contributed by atoms with Gasteiger partial charge in [0.2, 0.25) is 0 Å². The van der Waals surface area contributed by atoms with E-state index in [1.807, 2.05) is 0 Å². The first-order valence-electron chi connectivity index (χ1n) is 4.66. The van der Waals surface area contributed by atoms with Crippen molar-refractivity contribution < 1.29 is 12.6 Å². The van der Waals surface area contributed by atoms with Crippen LogP contribution in [0, 0.1) is 5.92 Å². The van der Waals surface area contributed by atoms with Crippen LogP contribution < -0.4 is 4.18 Å². The van der Waals surface area contributed by atoms with Gasteiger partial charge in [-0.25, -0.2) is 0 Å². The summed E-state index contributed by atoms with van der Waals surface area (Å²) in [6.45, 7) is 3.42. The topological polar surface area (TPSA) is 43.4 Å². The third kappa shape index (κ3) is 3.54. The summed E-state index contributed by atoms with van der Waals surface area (Å²) in [6.07, 6.45) is 0. The average Bonchev–Trinajstić information content (AvgIpc) is 2.20. The highest BCUT2D eigenvalue weighted by molar-refractivity contribution is 7.89. The fourth-order valence-electron chi connectivity index (χ4n) is 1.00. The van der Waals surface area contributed by atoms with Gasteiger partial charge in [0.15, 0.2) is 4.71 Å². The zero-order valence-electron chi connectivity index (χ0n) is 8.85. The first kappa shape index (κ1) is 13.6. The molecule has 0 fully saturated rings. The summed E-state index contributed by atoms with van der Waals surface area (Å²) in [6, 6.07) is 6.05. The van der Waals surface area contributed by atoms with Crippen LogP contribution >= 0.6 is 23.2 Å². The molecule has 0 N–H and O–H groups in total. The van der Waals surface area contributed by atoms with Crippen LogP contribution in [0.5, 0.6) is 5.75 Å². The molecule has 1 aromatic carbocycles. The molecular weight excluding hydrogens is 271 g/mol. The van der Waals surface area contributed by atoms with Crippen LogP contribution in [0.15, 0.2) is 24.3 Å². The molecule has 0 amide bonds. The van der Waals surface area contributed by atoms with E-state index < -0.39 is 14.8 Å². The fraction of sp³-hybridized carbons (Fsp3) is 0.400. The maximum Gasteiger partial charge on any atom is 0.326 e. The second-order valence-corrected chi connectivity index (χ2v) is 6.45. The molecule has 90 valence electrons. The van der Waals surface area contributed by atoms with Crippen molar-refractivity contribution in [2.75, 3.05) is 0 Å². The number of rotatable bonds is 4. The molecule has 0 aliphatic heterocycles. The molecule has 1 unspecified atom stereocenters. The predicted octanol–water partition coefficient (Wildman–Crippen LogP) is 3.27. The summed E-state index contributed by atoms with van der Waals surface area (Å²) >= 11 is 11.4. The van der Waals surface area contributed by atoms with Gasteiger partial charge in [0.05, 0.1) is 0 Å². The Balaban J connectivity index is 2.85. The summed E-state index contributed by atoms with van der Waals surface area (Å²) in [5.41, 5.74) is 0. The van der Waals surface area contributed by atoms with E-state index in [1.165, 1.54) is 12.1 Å². The zero-order chi connectivity index (χ0) is 12.3. The lowest BCUT2D eigenvalue weighted by atomic mass is 10.3. The Hall–Kier alpha value is -0.450. The third-order valence-corrected chi connectivity index (χ3v) is 4.76. The van der Waals surface area contributed by atoms with Gasteiger partial charge in [-0.1, -0.05) is 25.4 Å². The predicted molar refractivity (Wildman–Crippen MR) is 65.5 cm³/mol. The summed E-state index contributed by atoms with van der Waals surface area (Å²) in [5, 5.41) is 0.510. The number of alkyl halides is 1. The summed E-state index contributed by atoms with van der Waals surface area (Å²) < 4.78 is 27.1. The zero-order valence-corrected chi connectivity index (χ0v) is 11.2. The maximum absolute atomic E-state index is 11.6. The molecule has 0 aromatic heterocycles. The van der Waals surface area contributed by atoms with E-state index >= 15 is 0 Å². The normalized spacial score (nSPS) is 13.8. The van der Waals surface area contributed by atoms with E-state index in [-0.39, 0.29) is 11.7 Å². The molecule has 6 heteroatoms. The number of hydrogen-bond donors (Lipinski definition) is 0. The van der Waals surface area contributed by atoms with Crippen molar-refractivity contribution in [1.29, 1.82) is 0 Å². The molecule has 0 radical (unpaired) electrons. The van der Waals surface area contributed by atoms with Gasteiger partial charge < -0.3 is 4.18 Å². The molecule has 1 atom stereocenters. The van der Waals surface area contributed by atoms with Crippen molar-refractivity contribution in [2.45, 2.75) is 18.6 Å². The number of benzene rings is 1. The van der Waals surface area contributed by atoms with Gasteiger partial charge in [0, 0.05) is 5.02 Å². The van der Waals surface area contributed by atoms with E-state index in [4.69, 9.17) is 27.4 Å². The van der Waals surface area contributed by atoms with E-state index in [0.717, 1.165) is 0 Å². The SMILES string of the molecule is CC(C)C(Cl)S(=O)(=O)Oc1ccc(Cl)cc1. The monoisotopic (exact) mass is 282 g/mol. The Labute approximate surface area is 105 Å². The highest BCUT2D eigenvalue weighted by Crippen LogP contribution is 2.23. The van der Waals surface area contributed by atoms with Gasteiger partial charge in [-0.05, 0) is 30.2 Å². The van der Waals surface area contributed by atoms with Crippen LogP contribution in [0.3, 0.4) is 0 Å². The quantitative estimate of drug-likeness (QED) is 0.629. The lowest BCUT2D eigenvalue weighted by molar-refractivity contribution is 0.470. The first-order valence-corrected chi connectivity index (χ1v) is 6.94. The van der Waals surface area contributed by atoms with Gasteiger partial charge >= 0.3 is 10.1 Å². The van der Waals surface area contributed by atoms with Crippen molar-refractivity contribution in [1.82, 2.24) is 0 Å². The van der Waals surface area contributed by atoms with Crippen LogP contribution in [-0.2, 0) is 10.1 Å². The molecule has 0 aliphatic rings. The van der Waals surface area contributed by atoms with Crippen molar-refractivity contribution in [3.63, 3.8) is 0 Å². The van der Waals surface area contributed by atoms with Crippen LogP contribution in [0.2, 0.25) is 5.02 Å². The third-order valence-electron chi connectivity index (χ3n) is 1.83. The van der Waals surface area contributed by atoms with E-state index in [0.29, 0.717) is 5.02 Å². The fourth-order valence-corrected chi connectivity index (χ4v) is 2.38. The summed E-state index contributed by atoms with van der Waals surface area (Å²) in [7, 11) is -3.80. The smallest absolute Gasteiger partial charge is 0.326 e. The molecular formula is C10H12Cl2O3S. The Morgan fingerprint density at radius 3 is 2.12 bits per heavy atom. The number of hydrogen-bond acceptors (Lipinski definition) is 3. The molecule has 0 spiro atoms. The molecule has 1 aromatic rings. The molecule has 0 saturated heterocycles. The second kappa shape index (κ2) is 5.25. The molecule has 3 nitrogen and oxygen atoms in total. The van der Waals surface area contributed by atoms with Crippen molar-refractivity contribution >= 4 is 33.3 Å². The molecule has 0 saturated carbocycles. The van der Waals surface area contributed by atoms with Crippen LogP contribution in [0.4, 0.5) is 0 Å². The van der Waals surface area contributed by atoms with Crippen molar-refractivity contribution in [3.8, 4) is 5.75 Å². The Morgan fingerprint density at radius 1 is 1.19 bits per heavy atom. The largest absolute Gasteiger partial charge is 0.381 e. The molecule has 0 heterocycles. The van der Waals surface area contributed by atoms with E-state index in [9.17, 15) is 8.42 Å². The van der Waals surface area contributed by atoms with E-state index in [1.54, 1.807) is 26.0 Å². The van der Waals surface area contributed by atoms with Gasteiger partial charge in [-0.15, -0.1) is 11.6 Å². The minimum Gasteiger partial charge on any atom is -0.381 e. The van der Waals surface area contributed by atoms with Crippen LogP contribution in [0.1, 0.15) is 13.8 Å². The van der Waals surface area contributed by atoms with Gasteiger partial charge in [-0.2, -0.15) is 8.42 Å². The summed E-state index contributed by atoms with van der Waals surface area (Å²) in [4.78, 5) is 0. The molecule has 0 aliphatic carbocycles. The van der Waals surface area contributed by atoms with Crippen LogP contribution in [0.25, 0.3) is 0 Å². The molecule has 1 rings (SSSR count). The average molecular weight is 283 g/mol. The minimum atomic E-state index is -3.80. The lowest BCUT2D eigenvalue weighted by Gasteiger charge is -2.14. The highest BCUT2D eigenvalue weighted by Gasteiger charge is 2.28. The Bertz CT molecular complexity index is 440. The van der Waals surface area contributed by atoms with Crippen LogP contribution in [-0.4, -0.2) is 13.1 Å². The minimum absolute atomic E-state index is 0.204.